The summed E-state index contributed by atoms with van der Waals surface area (Å²) in [5.74, 6) is -0.284. The first-order valence-electron chi connectivity index (χ1n) is 9.91. The maximum Gasteiger partial charge on any atom is 0.408 e. The van der Waals surface area contributed by atoms with Gasteiger partial charge in [0.1, 0.15) is 12.6 Å². The Hall–Kier alpha value is -3.60. The first-order valence-corrected chi connectivity index (χ1v) is 9.91. The Labute approximate surface area is 177 Å². The third-order valence-electron chi connectivity index (χ3n) is 4.83. The lowest BCUT2D eigenvalue weighted by atomic mass is 10.0. The molecule has 3 rings (SSSR count). The molecule has 1 atom stereocenters. The van der Waals surface area contributed by atoms with Gasteiger partial charge in [0.15, 0.2) is 0 Å². The third-order valence-corrected chi connectivity index (χ3v) is 4.83. The maximum absolute atomic E-state index is 13.0. The van der Waals surface area contributed by atoms with Crippen LogP contribution in [-0.2, 0) is 22.6 Å². The molecule has 5 nitrogen and oxygen atoms in total. The monoisotopic (exact) mass is 402 g/mol. The van der Waals surface area contributed by atoms with Crippen molar-refractivity contribution in [3.8, 4) is 0 Å². The minimum absolute atomic E-state index is 0.142. The standard InChI is InChI=1S/C25H26N2O3/c1-18-10-9-11-19(2)23(18)27-24(28)22(16-20-12-5-3-6-13-20)26-25(29)30-17-21-14-7-4-8-15-21/h3-15,22H,16-17H2,1-2H3,(H,26,29)(H,27,28)/t22-/m0/s1. The fourth-order valence-corrected chi connectivity index (χ4v) is 3.19. The van der Waals surface area contributed by atoms with Gasteiger partial charge in [0.2, 0.25) is 5.91 Å². The number of benzene rings is 3. The lowest BCUT2D eigenvalue weighted by molar-refractivity contribution is -0.118. The van der Waals surface area contributed by atoms with Crippen LogP contribution in [0.4, 0.5) is 10.5 Å². The Morgan fingerprint density at radius 2 is 1.37 bits per heavy atom. The lowest BCUT2D eigenvalue weighted by Crippen LogP contribution is -2.45. The summed E-state index contributed by atoms with van der Waals surface area (Å²) in [6, 6.07) is 24.1. The second-order valence-corrected chi connectivity index (χ2v) is 7.20. The van der Waals surface area contributed by atoms with E-state index in [1.807, 2.05) is 92.7 Å². The van der Waals surface area contributed by atoms with Gasteiger partial charge in [-0.05, 0) is 36.1 Å². The summed E-state index contributed by atoms with van der Waals surface area (Å²) in [5.41, 5.74) is 4.52. The van der Waals surface area contributed by atoms with Crippen molar-refractivity contribution in [2.24, 2.45) is 0 Å². The van der Waals surface area contributed by atoms with E-state index >= 15 is 0 Å². The highest BCUT2D eigenvalue weighted by Gasteiger charge is 2.23. The quantitative estimate of drug-likeness (QED) is 0.598. The Bertz CT molecular complexity index is 968. The van der Waals surface area contributed by atoms with Crippen LogP contribution < -0.4 is 10.6 Å². The Balaban J connectivity index is 1.71. The number of alkyl carbamates (subject to hydrolysis) is 1. The smallest absolute Gasteiger partial charge is 0.408 e. The molecule has 0 unspecified atom stereocenters. The number of nitrogens with one attached hydrogen (secondary N) is 2. The molecule has 2 N–H and O–H groups in total. The average Bonchev–Trinajstić information content (AvgIpc) is 2.76. The van der Waals surface area contributed by atoms with Crippen LogP contribution in [0, 0.1) is 13.8 Å². The minimum atomic E-state index is -0.769. The molecule has 3 aromatic rings. The second-order valence-electron chi connectivity index (χ2n) is 7.20. The van der Waals surface area contributed by atoms with E-state index in [0.717, 1.165) is 27.9 Å². The van der Waals surface area contributed by atoms with Crippen LogP contribution in [0.2, 0.25) is 0 Å². The zero-order valence-corrected chi connectivity index (χ0v) is 17.2. The van der Waals surface area contributed by atoms with Gasteiger partial charge >= 0.3 is 6.09 Å². The second kappa shape index (κ2) is 10.3. The molecule has 30 heavy (non-hydrogen) atoms. The summed E-state index contributed by atoms with van der Waals surface area (Å²) in [6.07, 6.45) is -0.269. The zero-order valence-electron chi connectivity index (χ0n) is 17.2. The van der Waals surface area contributed by atoms with Gasteiger partial charge in [-0.15, -0.1) is 0 Å². The van der Waals surface area contributed by atoms with E-state index in [1.54, 1.807) is 0 Å². The van der Waals surface area contributed by atoms with E-state index in [-0.39, 0.29) is 12.5 Å². The van der Waals surface area contributed by atoms with Gasteiger partial charge in [-0.3, -0.25) is 4.79 Å². The van der Waals surface area contributed by atoms with Crippen molar-refractivity contribution in [3.05, 3.63) is 101 Å². The van der Waals surface area contributed by atoms with Gasteiger partial charge in [0, 0.05) is 12.1 Å². The predicted molar refractivity (Wildman–Crippen MR) is 118 cm³/mol. The Morgan fingerprint density at radius 1 is 0.800 bits per heavy atom. The van der Waals surface area contributed by atoms with Crippen molar-refractivity contribution in [2.45, 2.75) is 32.9 Å². The van der Waals surface area contributed by atoms with E-state index in [2.05, 4.69) is 10.6 Å². The predicted octanol–water partition coefficient (Wildman–Crippen LogP) is 4.78. The van der Waals surface area contributed by atoms with Crippen molar-refractivity contribution >= 4 is 17.7 Å². The van der Waals surface area contributed by atoms with Crippen LogP contribution in [0.3, 0.4) is 0 Å². The van der Waals surface area contributed by atoms with Crippen LogP contribution in [0.5, 0.6) is 0 Å². The molecule has 0 aliphatic carbocycles. The number of amides is 2. The molecule has 0 radical (unpaired) electrons. The normalized spacial score (nSPS) is 11.4. The Morgan fingerprint density at radius 3 is 1.97 bits per heavy atom. The molecule has 0 aromatic heterocycles. The highest BCUT2D eigenvalue weighted by atomic mass is 16.5. The SMILES string of the molecule is Cc1cccc(C)c1NC(=O)[C@H](Cc1ccccc1)NC(=O)OCc1ccccc1. The van der Waals surface area contributed by atoms with E-state index in [9.17, 15) is 9.59 Å². The van der Waals surface area contributed by atoms with Gasteiger partial charge in [-0.25, -0.2) is 4.79 Å². The number of rotatable bonds is 7. The van der Waals surface area contributed by atoms with Gasteiger partial charge in [0.05, 0.1) is 0 Å². The molecular formula is C25H26N2O3. The highest BCUT2D eigenvalue weighted by molar-refractivity contribution is 5.97. The molecular weight excluding hydrogens is 376 g/mol. The van der Waals surface area contributed by atoms with Crippen molar-refractivity contribution in [3.63, 3.8) is 0 Å². The summed E-state index contributed by atoms with van der Waals surface area (Å²) in [7, 11) is 0. The van der Waals surface area contributed by atoms with E-state index in [0.29, 0.717) is 6.42 Å². The van der Waals surface area contributed by atoms with Crippen LogP contribution in [0.15, 0.2) is 78.9 Å². The average molecular weight is 402 g/mol. The molecule has 0 saturated heterocycles. The summed E-state index contributed by atoms with van der Waals surface area (Å²) in [6.45, 7) is 4.02. The molecule has 0 bridgehead atoms. The number of hydrogen-bond acceptors (Lipinski definition) is 3. The minimum Gasteiger partial charge on any atom is -0.445 e. The zero-order chi connectivity index (χ0) is 21.3. The van der Waals surface area contributed by atoms with E-state index in [4.69, 9.17) is 4.74 Å². The van der Waals surface area contributed by atoms with Crippen LogP contribution >= 0.6 is 0 Å². The number of carbonyl (C=O) groups excluding carboxylic acids is 2. The molecule has 0 saturated carbocycles. The van der Waals surface area contributed by atoms with E-state index < -0.39 is 12.1 Å². The summed E-state index contributed by atoms with van der Waals surface area (Å²) in [4.78, 5) is 25.4. The highest BCUT2D eigenvalue weighted by Crippen LogP contribution is 2.20. The van der Waals surface area contributed by atoms with Crippen molar-refractivity contribution in [1.82, 2.24) is 5.32 Å². The molecule has 3 aromatic carbocycles. The summed E-state index contributed by atoms with van der Waals surface area (Å²) < 4.78 is 5.31. The fourth-order valence-electron chi connectivity index (χ4n) is 3.19. The molecule has 0 aliphatic rings. The molecule has 0 spiro atoms. The van der Waals surface area contributed by atoms with E-state index in [1.165, 1.54) is 0 Å². The Kier molecular flexibility index (Phi) is 7.22. The van der Waals surface area contributed by atoms with Gasteiger partial charge in [-0.2, -0.15) is 0 Å². The van der Waals surface area contributed by atoms with Crippen molar-refractivity contribution in [1.29, 1.82) is 0 Å². The summed E-state index contributed by atoms with van der Waals surface area (Å²) in [5, 5.41) is 5.69. The van der Waals surface area contributed by atoms with Crippen LogP contribution in [0.1, 0.15) is 22.3 Å². The van der Waals surface area contributed by atoms with Gasteiger partial charge in [0.25, 0.3) is 0 Å². The maximum atomic E-state index is 13.0. The van der Waals surface area contributed by atoms with Gasteiger partial charge < -0.3 is 15.4 Å². The van der Waals surface area contributed by atoms with Crippen LogP contribution in [0.25, 0.3) is 0 Å². The molecule has 0 aliphatic heterocycles. The molecule has 0 fully saturated rings. The third kappa shape index (κ3) is 5.95. The topological polar surface area (TPSA) is 67.4 Å². The molecule has 154 valence electrons. The van der Waals surface area contributed by atoms with Crippen molar-refractivity contribution < 1.29 is 14.3 Å². The first-order chi connectivity index (χ1) is 14.5. The number of anilines is 1. The lowest BCUT2D eigenvalue weighted by Gasteiger charge is -2.20. The fraction of sp³-hybridized carbons (Fsp3) is 0.200. The van der Waals surface area contributed by atoms with Gasteiger partial charge in [-0.1, -0.05) is 78.9 Å². The molecule has 5 heteroatoms. The summed E-state index contributed by atoms with van der Waals surface area (Å²) >= 11 is 0. The first kappa shape index (κ1) is 21.1. The number of carbonyl (C=O) groups is 2. The number of aryl methyl sites for hydroxylation is 2. The van der Waals surface area contributed by atoms with Crippen LogP contribution in [-0.4, -0.2) is 18.0 Å². The number of para-hydroxylation sites is 1. The molecule has 0 heterocycles. The van der Waals surface area contributed by atoms with Crippen molar-refractivity contribution in [2.75, 3.05) is 5.32 Å². The largest absolute Gasteiger partial charge is 0.445 e. The number of ether oxygens (including phenoxy) is 1. The molecule has 2 amide bonds. The number of hydrogen-bond donors (Lipinski definition) is 2.